The Morgan fingerprint density at radius 1 is 1.13 bits per heavy atom. The average molecular weight is 446 g/mol. The van der Waals surface area contributed by atoms with Gasteiger partial charge in [-0.1, -0.05) is 6.07 Å². The predicted octanol–water partition coefficient (Wildman–Crippen LogP) is 5.72. The lowest BCUT2D eigenvalue weighted by Gasteiger charge is -2.12. The third kappa shape index (κ3) is 5.99. The van der Waals surface area contributed by atoms with Gasteiger partial charge >= 0.3 is 6.18 Å². The number of thiol groups is 1. The second-order valence-corrected chi connectivity index (χ2v) is 7.28. The van der Waals surface area contributed by atoms with Crippen LogP contribution in [-0.4, -0.2) is 22.0 Å². The molecule has 0 saturated heterocycles. The molecule has 0 fully saturated rings. The highest BCUT2D eigenvalue weighted by molar-refractivity contribution is 7.80. The van der Waals surface area contributed by atoms with Crippen LogP contribution in [0.15, 0.2) is 66.0 Å². The molecule has 4 aromatic rings. The second-order valence-electron chi connectivity index (χ2n) is 6.77. The number of aromatic amines is 1. The number of hydrogen-bond donors (Lipinski definition) is 4. The fourth-order valence-corrected chi connectivity index (χ4v) is 3.11. The summed E-state index contributed by atoms with van der Waals surface area (Å²) in [6, 6.07) is 11.9. The summed E-state index contributed by atoms with van der Waals surface area (Å²) in [4.78, 5) is 11.5. The van der Waals surface area contributed by atoms with Crippen LogP contribution in [0.5, 0.6) is 0 Å². The number of pyridine rings is 2. The quantitative estimate of drug-likeness (QED) is 0.303. The van der Waals surface area contributed by atoms with Gasteiger partial charge in [0, 0.05) is 46.6 Å². The minimum Gasteiger partial charge on any atom is -0.361 e. The fourth-order valence-electron chi connectivity index (χ4n) is 2.96. The van der Waals surface area contributed by atoms with Gasteiger partial charge in [0.1, 0.15) is 5.69 Å². The number of aromatic nitrogens is 3. The molecule has 0 radical (unpaired) electrons. The zero-order valence-electron chi connectivity index (χ0n) is 17.0. The number of rotatable bonds is 4. The van der Waals surface area contributed by atoms with E-state index in [0.29, 0.717) is 11.4 Å². The predicted molar refractivity (Wildman–Crippen MR) is 120 cm³/mol. The van der Waals surface area contributed by atoms with Crippen molar-refractivity contribution >= 4 is 34.9 Å². The summed E-state index contributed by atoms with van der Waals surface area (Å²) in [5.41, 5.74) is 2.86. The molecule has 0 aliphatic carbocycles. The number of benzene rings is 1. The van der Waals surface area contributed by atoms with Crippen LogP contribution in [0, 0.1) is 6.92 Å². The second kappa shape index (κ2) is 9.84. The number of anilines is 2. The SMILES string of the molecule is CNCc1c[nH]c2cc(Nc3ccc(C(F)(F)F)nc3C)ccc12.Sc1cccnc1. The largest absolute Gasteiger partial charge is 0.433 e. The van der Waals surface area contributed by atoms with Gasteiger partial charge in [0.15, 0.2) is 0 Å². The molecule has 162 valence electrons. The monoisotopic (exact) mass is 445 g/mol. The van der Waals surface area contributed by atoms with Crippen molar-refractivity contribution in [3.63, 3.8) is 0 Å². The summed E-state index contributed by atoms with van der Waals surface area (Å²) in [7, 11) is 1.88. The third-order valence-electron chi connectivity index (χ3n) is 4.44. The number of halogens is 3. The van der Waals surface area contributed by atoms with Crippen molar-refractivity contribution in [2.24, 2.45) is 0 Å². The summed E-state index contributed by atoms with van der Waals surface area (Å²) in [5, 5.41) is 7.33. The summed E-state index contributed by atoms with van der Waals surface area (Å²) in [6.07, 6.45) is 0.925. The smallest absolute Gasteiger partial charge is 0.361 e. The Morgan fingerprint density at radius 2 is 1.94 bits per heavy atom. The zero-order chi connectivity index (χ0) is 22.4. The molecule has 0 spiro atoms. The van der Waals surface area contributed by atoms with Crippen LogP contribution in [0.25, 0.3) is 10.9 Å². The number of fused-ring (bicyclic) bond motifs is 1. The van der Waals surface area contributed by atoms with Crippen LogP contribution in [-0.2, 0) is 12.7 Å². The Balaban J connectivity index is 0.000000330. The summed E-state index contributed by atoms with van der Waals surface area (Å²) in [6.45, 7) is 2.31. The first kappa shape index (κ1) is 22.6. The van der Waals surface area contributed by atoms with Gasteiger partial charge in [0.2, 0.25) is 0 Å². The molecule has 0 amide bonds. The number of nitrogens with zero attached hydrogens (tertiary/aromatic N) is 2. The Kier molecular flexibility index (Phi) is 7.19. The maximum absolute atomic E-state index is 12.7. The van der Waals surface area contributed by atoms with Crippen molar-refractivity contribution in [2.75, 3.05) is 12.4 Å². The fraction of sp³-hybridized carbons (Fsp3) is 0.182. The van der Waals surface area contributed by atoms with Crippen molar-refractivity contribution in [3.8, 4) is 0 Å². The van der Waals surface area contributed by atoms with E-state index in [0.717, 1.165) is 39.7 Å². The van der Waals surface area contributed by atoms with E-state index in [1.165, 1.54) is 6.07 Å². The van der Waals surface area contributed by atoms with Crippen molar-refractivity contribution in [1.82, 2.24) is 20.3 Å². The highest BCUT2D eigenvalue weighted by atomic mass is 32.1. The van der Waals surface area contributed by atoms with Crippen molar-refractivity contribution in [1.29, 1.82) is 0 Å². The molecule has 3 aromatic heterocycles. The highest BCUT2D eigenvalue weighted by Crippen LogP contribution is 2.30. The molecule has 5 nitrogen and oxygen atoms in total. The third-order valence-corrected chi connectivity index (χ3v) is 4.70. The molecule has 3 N–H and O–H groups in total. The molecular weight excluding hydrogens is 423 g/mol. The summed E-state index contributed by atoms with van der Waals surface area (Å²) < 4.78 is 38.0. The Hall–Kier alpha value is -3.04. The topological polar surface area (TPSA) is 65.6 Å². The lowest BCUT2D eigenvalue weighted by atomic mass is 10.1. The van der Waals surface area contributed by atoms with E-state index in [1.54, 1.807) is 19.3 Å². The zero-order valence-corrected chi connectivity index (χ0v) is 17.9. The van der Waals surface area contributed by atoms with Crippen molar-refractivity contribution in [2.45, 2.75) is 24.5 Å². The molecule has 1 aromatic carbocycles. The number of hydrogen-bond acceptors (Lipinski definition) is 5. The average Bonchev–Trinajstić information content (AvgIpc) is 3.12. The summed E-state index contributed by atoms with van der Waals surface area (Å²) >= 11 is 4.02. The maximum atomic E-state index is 12.7. The molecule has 0 saturated carbocycles. The van der Waals surface area contributed by atoms with Crippen LogP contribution >= 0.6 is 12.6 Å². The molecule has 0 unspecified atom stereocenters. The lowest BCUT2D eigenvalue weighted by Crippen LogP contribution is -2.09. The van der Waals surface area contributed by atoms with Crippen LogP contribution < -0.4 is 10.6 Å². The molecular formula is C22H22F3N5S. The van der Waals surface area contributed by atoms with Crippen LogP contribution in [0.4, 0.5) is 24.5 Å². The molecule has 9 heteroatoms. The molecule has 0 aliphatic rings. The Bertz CT molecular complexity index is 1140. The van der Waals surface area contributed by atoms with Crippen LogP contribution in [0.1, 0.15) is 17.0 Å². The van der Waals surface area contributed by atoms with Gasteiger partial charge in [-0.2, -0.15) is 13.2 Å². The molecule has 0 bridgehead atoms. The van der Waals surface area contributed by atoms with Crippen molar-refractivity contribution < 1.29 is 13.2 Å². The lowest BCUT2D eigenvalue weighted by molar-refractivity contribution is -0.141. The highest BCUT2D eigenvalue weighted by Gasteiger charge is 2.32. The van der Waals surface area contributed by atoms with E-state index >= 15 is 0 Å². The molecule has 0 atom stereocenters. The van der Waals surface area contributed by atoms with E-state index in [4.69, 9.17) is 0 Å². The van der Waals surface area contributed by atoms with Crippen molar-refractivity contribution in [3.05, 3.63) is 78.0 Å². The van der Waals surface area contributed by atoms with Gasteiger partial charge in [0.25, 0.3) is 0 Å². The van der Waals surface area contributed by atoms with Gasteiger partial charge in [-0.25, -0.2) is 4.98 Å². The molecule has 3 heterocycles. The summed E-state index contributed by atoms with van der Waals surface area (Å²) in [5.74, 6) is 0. The maximum Gasteiger partial charge on any atom is 0.433 e. The van der Waals surface area contributed by atoms with Gasteiger partial charge in [0.05, 0.1) is 11.4 Å². The Morgan fingerprint density at radius 3 is 2.52 bits per heavy atom. The van der Waals surface area contributed by atoms with Gasteiger partial charge in [-0.3, -0.25) is 4.98 Å². The molecule has 31 heavy (non-hydrogen) atoms. The first-order valence-corrected chi connectivity index (χ1v) is 9.88. The van der Waals surface area contributed by atoms with Gasteiger partial charge in [-0.15, -0.1) is 12.6 Å². The van der Waals surface area contributed by atoms with Gasteiger partial charge in [-0.05, 0) is 55.9 Å². The minimum absolute atomic E-state index is 0.298. The van der Waals surface area contributed by atoms with Gasteiger partial charge < -0.3 is 15.6 Å². The molecule has 4 rings (SSSR count). The van der Waals surface area contributed by atoms with E-state index < -0.39 is 11.9 Å². The van der Waals surface area contributed by atoms with E-state index in [1.807, 2.05) is 43.6 Å². The normalized spacial score (nSPS) is 11.2. The van der Waals surface area contributed by atoms with E-state index in [9.17, 15) is 13.2 Å². The van der Waals surface area contributed by atoms with Crippen LogP contribution in [0.2, 0.25) is 0 Å². The number of nitrogens with one attached hydrogen (secondary N) is 3. The first-order valence-electron chi connectivity index (χ1n) is 9.43. The number of aryl methyl sites for hydroxylation is 1. The number of alkyl halides is 3. The van der Waals surface area contributed by atoms with E-state index in [2.05, 4.69) is 38.2 Å². The first-order chi connectivity index (χ1) is 14.8. The van der Waals surface area contributed by atoms with E-state index in [-0.39, 0.29) is 0 Å². The number of H-pyrrole nitrogens is 1. The minimum atomic E-state index is -4.43. The Labute approximate surface area is 183 Å². The standard InChI is InChI=1S/C17H17F3N4.C5H5NS/c1-10-14(5-6-16(23-10)17(18,19)20)24-12-3-4-13-11(8-21-2)9-22-15(13)7-12;7-5-2-1-3-6-4-5/h3-7,9,21-22,24H,8H2,1-2H3;1-4,7H. The molecule has 0 aliphatic heterocycles. The van der Waals surface area contributed by atoms with Crippen LogP contribution in [0.3, 0.4) is 0 Å².